The first-order valence-electron chi connectivity index (χ1n) is 9.93. The molecule has 2 atom stereocenters. The number of carbonyl (C=O) groups is 2. The van der Waals surface area contributed by atoms with Crippen LogP contribution in [0.3, 0.4) is 0 Å². The summed E-state index contributed by atoms with van der Waals surface area (Å²) in [7, 11) is 2.94. The van der Waals surface area contributed by atoms with Gasteiger partial charge in [0.05, 0.1) is 31.6 Å². The molecule has 158 valence electrons. The maximum atomic E-state index is 12.3. The monoisotopic (exact) mass is 409 g/mol. The van der Waals surface area contributed by atoms with Crippen molar-refractivity contribution in [2.75, 3.05) is 20.8 Å². The molecule has 1 aliphatic heterocycles. The summed E-state index contributed by atoms with van der Waals surface area (Å²) in [5.41, 5.74) is 1.58. The molecule has 1 aliphatic rings. The van der Waals surface area contributed by atoms with Crippen LogP contribution >= 0.6 is 0 Å². The second kappa shape index (κ2) is 9.48. The Hall–Kier alpha value is -3.28. The summed E-state index contributed by atoms with van der Waals surface area (Å²) < 4.78 is 9.90. The average molecular weight is 409 g/mol. The molecule has 30 heavy (non-hydrogen) atoms. The third-order valence-electron chi connectivity index (χ3n) is 5.74. The topological polar surface area (TPSA) is 76.1 Å². The quantitative estimate of drug-likeness (QED) is 0.563. The highest BCUT2D eigenvalue weighted by Crippen LogP contribution is 2.43. The van der Waals surface area contributed by atoms with E-state index in [9.17, 15) is 14.7 Å². The normalized spacial score (nSPS) is 21.4. The lowest BCUT2D eigenvalue weighted by Crippen LogP contribution is -2.55. The molecule has 2 aromatic carbocycles. The first-order chi connectivity index (χ1) is 14.5. The van der Waals surface area contributed by atoms with Crippen LogP contribution in [0.2, 0.25) is 0 Å². The molecular formula is C24H27NO5. The van der Waals surface area contributed by atoms with Crippen LogP contribution in [0.5, 0.6) is 0 Å². The van der Waals surface area contributed by atoms with Gasteiger partial charge in [-0.2, -0.15) is 0 Å². The van der Waals surface area contributed by atoms with E-state index in [0.29, 0.717) is 24.9 Å². The molecule has 1 N–H and O–H groups in total. The van der Waals surface area contributed by atoms with Crippen molar-refractivity contribution in [1.29, 1.82) is 0 Å². The Labute approximate surface area is 176 Å². The van der Waals surface area contributed by atoms with Gasteiger partial charge in [0.1, 0.15) is 0 Å². The molecule has 1 fully saturated rings. The largest absolute Gasteiger partial charge is 0.505 e. The van der Waals surface area contributed by atoms with Gasteiger partial charge in [0, 0.05) is 13.0 Å². The molecule has 6 heteroatoms. The molecule has 0 saturated carbocycles. The number of likely N-dealkylation sites (tertiary alicyclic amines) is 1. The van der Waals surface area contributed by atoms with Crippen molar-refractivity contribution >= 4 is 12.1 Å². The lowest BCUT2D eigenvalue weighted by Gasteiger charge is -2.48. The average Bonchev–Trinajstić information content (AvgIpc) is 2.77. The van der Waals surface area contributed by atoms with E-state index in [2.05, 4.69) is 0 Å². The number of nitrogens with zero attached hydrogens (tertiary/aromatic N) is 1. The van der Waals surface area contributed by atoms with Gasteiger partial charge >= 0.3 is 12.1 Å². The van der Waals surface area contributed by atoms with Gasteiger partial charge in [-0.3, -0.25) is 4.90 Å². The maximum Gasteiger partial charge on any atom is 0.408 e. The Kier molecular flexibility index (Phi) is 6.77. The van der Waals surface area contributed by atoms with Crippen molar-refractivity contribution < 1.29 is 24.2 Å². The number of carboxylic acid groups (broad SMARTS) is 1. The summed E-state index contributed by atoms with van der Waals surface area (Å²) in [6.45, 7) is 0.416. The summed E-state index contributed by atoms with van der Waals surface area (Å²) in [5, 5.41) is 10.1. The number of allylic oxidation sites excluding steroid dienone is 1. The number of carbonyl (C=O) groups excluding carboxylic acids is 1. The van der Waals surface area contributed by atoms with E-state index in [4.69, 9.17) is 9.47 Å². The molecule has 1 amide bonds. The highest BCUT2D eigenvalue weighted by Gasteiger charge is 2.45. The number of piperidine rings is 1. The van der Waals surface area contributed by atoms with Crippen LogP contribution in [-0.4, -0.2) is 42.8 Å². The van der Waals surface area contributed by atoms with Crippen molar-refractivity contribution in [1.82, 2.24) is 4.90 Å². The minimum Gasteiger partial charge on any atom is -0.505 e. The van der Waals surface area contributed by atoms with Crippen molar-refractivity contribution in [3.8, 4) is 0 Å². The van der Waals surface area contributed by atoms with Gasteiger partial charge in [-0.05, 0) is 48.1 Å². The third kappa shape index (κ3) is 4.48. The van der Waals surface area contributed by atoms with Gasteiger partial charge in [0.25, 0.3) is 0 Å². The highest BCUT2D eigenvalue weighted by atomic mass is 16.5. The molecule has 1 heterocycles. The highest BCUT2D eigenvalue weighted by molar-refractivity contribution is 5.89. The molecule has 0 aliphatic carbocycles. The van der Waals surface area contributed by atoms with E-state index in [1.807, 2.05) is 48.5 Å². The lowest BCUT2D eigenvalue weighted by molar-refractivity contribution is 0.0309. The Balaban J connectivity index is 2.09. The van der Waals surface area contributed by atoms with Crippen LogP contribution < -0.4 is 0 Å². The fourth-order valence-corrected chi connectivity index (χ4v) is 4.30. The third-order valence-corrected chi connectivity index (χ3v) is 5.74. The van der Waals surface area contributed by atoms with Crippen LogP contribution in [0.4, 0.5) is 4.79 Å². The Morgan fingerprint density at radius 2 is 1.83 bits per heavy atom. The smallest absolute Gasteiger partial charge is 0.408 e. The summed E-state index contributed by atoms with van der Waals surface area (Å²) in [6, 6.07) is 17.0. The Morgan fingerprint density at radius 3 is 2.43 bits per heavy atom. The molecule has 0 aromatic heterocycles. The van der Waals surface area contributed by atoms with Crippen molar-refractivity contribution in [3.05, 3.63) is 83.6 Å². The number of methoxy groups -OCH3 is 2. The van der Waals surface area contributed by atoms with Crippen molar-refractivity contribution in [2.45, 2.75) is 24.8 Å². The van der Waals surface area contributed by atoms with Gasteiger partial charge in [0.2, 0.25) is 0 Å². The zero-order valence-corrected chi connectivity index (χ0v) is 17.3. The molecule has 6 nitrogen and oxygen atoms in total. The van der Waals surface area contributed by atoms with Crippen LogP contribution in [0.25, 0.3) is 0 Å². The van der Waals surface area contributed by atoms with Crippen molar-refractivity contribution in [2.24, 2.45) is 5.92 Å². The van der Waals surface area contributed by atoms with E-state index in [1.54, 1.807) is 30.4 Å². The van der Waals surface area contributed by atoms with Gasteiger partial charge < -0.3 is 14.6 Å². The van der Waals surface area contributed by atoms with E-state index in [1.165, 1.54) is 7.11 Å². The van der Waals surface area contributed by atoms with Crippen molar-refractivity contribution in [3.63, 3.8) is 0 Å². The molecule has 2 aromatic rings. The van der Waals surface area contributed by atoms with E-state index in [-0.39, 0.29) is 5.92 Å². The van der Waals surface area contributed by atoms with E-state index >= 15 is 0 Å². The summed E-state index contributed by atoms with van der Waals surface area (Å²) >= 11 is 0. The molecule has 1 unspecified atom stereocenters. The molecule has 0 bridgehead atoms. The summed E-state index contributed by atoms with van der Waals surface area (Å²) in [6.07, 6.45) is 4.59. The first kappa shape index (κ1) is 21.4. The van der Waals surface area contributed by atoms with Crippen LogP contribution in [0.15, 0.2) is 66.9 Å². The number of benzene rings is 2. The zero-order valence-electron chi connectivity index (χ0n) is 17.3. The number of hydrogen-bond acceptors (Lipinski definition) is 4. The summed E-state index contributed by atoms with van der Waals surface area (Å²) in [5.74, 6) is -0.247. The number of esters is 1. The van der Waals surface area contributed by atoms with Gasteiger partial charge in [-0.1, -0.05) is 42.5 Å². The Morgan fingerprint density at radius 1 is 1.13 bits per heavy atom. The SMILES string of the molecule is COC=CC1CCN(C(=O)O)[C@@](Cc2ccccc2)(c2ccc(C(=O)OC)cc2)C1. The minimum absolute atomic E-state index is 0.171. The number of ether oxygens (including phenoxy) is 2. The standard InChI is InChI=1S/C24H27NO5/c1-29-15-13-19-12-14-25(23(27)28)24(17-19,16-18-6-4-3-5-7-18)21-10-8-20(9-11-21)22(26)30-2/h3-11,13,15,19H,12,14,16-17H2,1-2H3,(H,27,28)/t19?,24-/m1/s1. The van der Waals surface area contributed by atoms with Crippen LogP contribution in [-0.2, 0) is 21.4 Å². The van der Waals surface area contributed by atoms with Gasteiger partial charge in [-0.15, -0.1) is 0 Å². The second-order valence-corrected chi connectivity index (χ2v) is 7.51. The zero-order chi connectivity index (χ0) is 21.6. The molecular weight excluding hydrogens is 382 g/mol. The second-order valence-electron chi connectivity index (χ2n) is 7.51. The minimum atomic E-state index is -0.947. The van der Waals surface area contributed by atoms with Crippen LogP contribution in [0.1, 0.15) is 34.3 Å². The van der Waals surface area contributed by atoms with Crippen LogP contribution in [0, 0.1) is 5.92 Å². The fourth-order valence-electron chi connectivity index (χ4n) is 4.30. The first-order valence-corrected chi connectivity index (χ1v) is 9.93. The van der Waals surface area contributed by atoms with Gasteiger partial charge in [0.15, 0.2) is 0 Å². The number of rotatable bonds is 6. The maximum absolute atomic E-state index is 12.3. The Bertz CT molecular complexity index is 894. The van der Waals surface area contributed by atoms with Gasteiger partial charge in [-0.25, -0.2) is 9.59 Å². The molecule has 0 radical (unpaired) electrons. The molecule has 0 spiro atoms. The van der Waals surface area contributed by atoms with E-state index in [0.717, 1.165) is 17.5 Å². The predicted molar refractivity (Wildman–Crippen MR) is 113 cm³/mol. The lowest BCUT2D eigenvalue weighted by atomic mass is 9.72. The number of amides is 1. The summed E-state index contributed by atoms with van der Waals surface area (Å²) in [4.78, 5) is 25.7. The fraction of sp³-hybridized carbons (Fsp3) is 0.333. The predicted octanol–water partition coefficient (Wildman–Crippen LogP) is 4.46. The number of hydrogen-bond donors (Lipinski definition) is 1. The molecule has 3 rings (SSSR count). The van der Waals surface area contributed by atoms with E-state index < -0.39 is 17.6 Å². The molecule has 1 saturated heterocycles.